The first-order valence-electron chi connectivity index (χ1n) is 6.49. The Bertz CT molecular complexity index is 711. The number of amides is 1. The number of hydrogen-bond donors (Lipinski definition) is 0. The average Bonchev–Trinajstić information content (AvgIpc) is 2.92. The van der Waals surface area contributed by atoms with Crippen molar-refractivity contribution in [3.63, 3.8) is 0 Å². The van der Waals surface area contributed by atoms with Gasteiger partial charge in [0.2, 0.25) is 5.82 Å². The largest absolute Gasteiger partial charge is 0.489 e. The van der Waals surface area contributed by atoms with E-state index in [-0.39, 0.29) is 6.61 Å². The van der Waals surface area contributed by atoms with Crippen molar-refractivity contribution in [3.05, 3.63) is 42.5 Å². The molecule has 5 nitrogen and oxygen atoms in total. The number of aromatic nitrogens is 2. The number of imidazole rings is 1. The molecular weight excluding hydrogens is 299 g/mol. The number of fused-ring (bicyclic) bond motifs is 1. The molecule has 0 fully saturated rings. The number of carbonyl (C=O) groups is 1. The van der Waals surface area contributed by atoms with E-state index in [1.807, 2.05) is 0 Å². The number of para-hydroxylation sites is 2. The standard InChI is InChI=1S/C14H12F3N3O2/c1-19-9-4-2-3-5-11(9)22-8-10(12(19)21)20-7-6-18-13(20)14(15,16)17/h2-7,10H,8H2,1H3/t10-/m0/s1. The second kappa shape index (κ2) is 5.04. The number of carbonyl (C=O) groups excluding carboxylic acids is 1. The van der Waals surface area contributed by atoms with Crippen molar-refractivity contribution in [1.82, 2.24) is 9.55 Å². The maximum absolute atomic E-state index is 13.0. The van der Waals surface area contributed by atoms with Gasteiger partial charge >= 0.3 is 6.18 Å². The molecule has 0 bridgehead atoms. The summed E-state index contributed by atoms with van der Waals surface area (Å²) in [6.07, 6.45) is -2.48. The summed E-state index contributed by atoms with van der Waals surface area (Å²) >= 11 is 0. The van der Waals surface area contributed by atoms with E-state index in [1.165, 1.54) is 11.9 Å². The van der Waals surface area contributed by atoms with Gasteiger partial charge in [-0.05, 0) is 12.1 Å². The summed E-state index contributed by atoms with van der Waals surface area (Å²) in [7, 11) is 1.51. The summed E-state index contributed by atoms with van der Waals surface area (Å²) in [6.45, 7) is -0.195. The predicted octanol–water partition coefficient (Wildman–Crippen LogP) is 2.50. The highest BCUT2D eigenvalue weighted by atomic mass is 19.4. The van der Waals surface area contributed by atoms with Gasteiger partial charge in [0.25, 0.3) is 5.91 Å². The molecule has 3 rings (SSSR count). The first kappa shape index (κ1) is 14.4. The maximum Gasteiger partial charge on any atom is 0.449 e. The minimum atomic E-state index is -4.64. The lowest BCUT2D eigenvalue weighted by Gasteiger charge is -2.22. The van der Waals surface area contributed by atoms with Crippen LogP contribution < -0.4 is 9.64 Å². The van der Waals surface area contributed by atoms with Gasteiger partial charge in [0.1, 0.15) is 18.4 Å². The van der Waals surface area contributed by atoms with Crippen molar-refractivity contribution >= 4 is 11.6 Å². The Morgan fingerprint density at radius 1 is 1.32 bits per heavy atom. The van der Waals surface area contributed by atoms with Crippen molar-refractivity contribution in [2.24, 2.45) is 0 Å². The van der Waals surface area contributed by atoms with Crippen LogP contribution in [0.2, 0.25) is 0 Å². The fraction of sp³-hybridized carbons (Fsp3) is 0.286. The molecule has 1 atom stereocenters. The Labute approximate surface area is 123 Å². The van der Waals surface area contributed by atoms with Gasteiger partial charge in [0, 0.05) is 19.4 Å². The lowest BCUT2D eigenvalue weighted by molar-refractivity contribution is -0.148. The van der Waals surface area contributed by atoms with Crippen LogP contribution in [0, 0.1) is 0 Å². The van der Waals surface area contributed by atoms with Crippen LogP contribution in [0.4, 0.5) is 18.9 Å². The fourth-order valence-electron chi connectivity index (χ4n) is 2.42. The van der Waals surface area contributed by atoms with E-state index in [1.54, 1.807) is 24.3 Å². The number of alkyl halides is 3. The summed E-state index contributed by atoms with van der Waals surface area (Å²) in [5, 5.41) is 0. The number of benzene rings is 1. The fourth-order valence-corrected chi connectivity index (χ4v) is 2.42. The van der Waals surface area contributed by atoms with Gasteiger partial charge in [-0.1, -0.05) is 12.1 Å². The van der Waals surface area contributed by atoms with E-state index in [0.29, 0.717) is 11.4 Å². The molecule has 0 aliphatic carbocycles. The number of rotatable bonds is 1. The second-order valence-electron chi connectivity index (χ2n) is 4.85. The number of likely N-dealkylation sites (N-methyl/N-ethyl adjacent to an activating group) is 1. The number of hydrogen-bond acceptors (Lipinski definition) is 3. The van der Waals surface area contributed by atoms with Gasteiger partial charge in [-0.25, -0.2) is 4.98 Å². The Morgan fingerprint density at radius 3 is 2.77 bits per heavy atom. The van der Waals surface area contributed by atoms with Crippen LogP contribution in [0.1, 0.15) is 11.9 Å². The van der Waals surface area contributed by atoms with E-state index < -0.39 is 23.9 Å². The third-order valence-corrected chi connectivity index (χ3v) is 3.50. The van der Waals surface area contributed by atoms with Crippen molar-refractivity contribution in [3.8, 4) is 5.75 Å². The molecule has 0 radical (unpaired) electrons. The van der Waals surface area contributed by atoms with Crippen molar-refractivity contribution < 1.29 is 22.7 Å². The SMILES string of the molecule is CN1C(=O)[C@@H](n2ccnc2C(F)(F)F)COc2ccccc21. The quantitative estimate of drug-likeness (QED) is 0.813. The summed E-state index contributed by atoms with van der Waals surface area (Å²) < 4.78 is 45.3. The smallest absolute Gasteiger partial charge is 0.449 e. The molecule has 1 aromatic carbocycles. The molecule has 0 saturated carbocycles. The third-order valence-electron chi connectivity index (χ3n) is 3.50. The topological polar surface area (TPSA) is 47.4 Å². The van der Waals surface area contributed by atoms with Crippen LogP contribution in [0.3, 0.4) is 0 Å². The highest BCUT2D eigenvalue weighted by Crippen LogP contribution is 2.35. The maximum atomic E-state index is 13.0. The van der Waals surface area contributed by atoms with Gasteiger partial charge in [0.15, 0.2) is 0 Å². The summed E-state index contributed by atoms with van der Waals surface area (Å²) in [4.78, 5) is 17.1. The number of halogens is 3. The lowest BCUT2D eigenvalue weighted by atomic mass is 10.2. The normalized spacial score (nSPS) is 18.6. The molecule has 1 amide bonds. The Morgan fingerprint density at radius 2 is 2.05 bits per heavy atom. The van der Waals surface area contributed by atoms with Crippen LogP contribution in [0.5, 0.6) is 5.75 Å². The van der Waals surface area contributed by atoms with Gasteiger partial charge in [-0.15, -0.1) is 0 Å². The van der Waals surface area contributed by atoms with Gasteiger partial charge < -0.3 is 14.2 Å². The molecule has 0 N–H and O–H groups in total. The average molecular weight is 311 g/mol. The molecule has 1 aliphatic rings. The van der Waals surface area contributed by atoms with E-state index >= 15 is 0 Å². The molecule has 22 heavy (non-hydrogen) atoms. The summed E-state index contributed by atoms with van der Waals surface area (Å²) in [5.74, 6) is -1.16. The third kappa shape index (κ3) is 2.30. The van der Waals surface area contributed by atoms with Crippen LogP contribution in [0.25, 0.3) is 0 Å². The number of ether oxygens (including phenoxy) is 1. The molecule has 0 saturated heterocycles. The van der Waals surface area contributed by atoms with Crippen molar-refractivity contribution in [2.75, 3.05) is 18.6 Å². The Kier molecular flexibility index (Phi) is 3.31. The molecule has 1 aliphatic heterocycles. The van der Waals surface area contributed by atoms with Gasteiger partial charge in [-0.2, -0.15) is 13.2 Å². The summed E-state index contributed by atoms with van der Waals surface area (Å²) in [5.41, 5.74) is 0.517. The highest BCUT2D eigenvalue weighted by molar-refractivity contribution is 5.97. The zero-order valence-electron chi connectivity index (χ0n) is 11.5. The van der Waals surface area contributed by atoms with E-state index in [9.17, 15) is 18.0 Å². The van der Waals surface area contributed by atoms with E-state index in [4.69, 9.17) is 4.74 Å². The molecule has 1 aromatic heterocycles. The molecule has 0 spiro atoms. The Balaban J connectivity index is 2.01. The first-order chi connectivity index (χ1) is 10.4. The molecule has 2 aromatic rings. The van der Waals surface area contributed by atoms with E-state index in [2.05, 4.69) is 4.98 Å². The number of anilines is 1. The van der Waals surface area contributed by atoms with Crippen molar-refractivity contribution in [1.29, 1.82) is 0 Å². The minimum absolute atomic E-state index is 0.195. The molecular formula is C14H12F3N3O2. The first-order valence-corrected chi connectivity index (χ1v) is 6.49. The van der Waals surface area contributed by atoms with Crippen LogP contribution in [0.15, 0.2) is 36.7 Å². The number of nitrogens with zero attached hydrogens (tertiary/aromatic N) is 3. The van der Waals surface area contributed by atoms with Crippen LogP contribution in [-0.2, 0) is 11.0 Å². The van der Waals surface area contributed by atoms with E-state index in [0.717, 1.165) is 17.0 Å². The summed E-state index contributed by atoms with van der Waals surface area (Å²) in [6, 6.07) is 5.67. The zero-order valence-corrected chi connectivity index (χ0v) is 11.5. The van der Waals surface area contributed by atoms with Gasteiger partial charge in [0.05, 0.1) is 5.69 Å². The van der Waals surface area contributed by atoms with Gasteiger partial charge in [-0.3, -0.25) is 4.79 Å². The van der Waals surface area contributed by atoms with Crippen molar-refractivity contribution in [2.45, 2.75) is 12.2 Å². The van der Waals surface area contributed by atoms with Crippen LogP contribution >= 0.6 is 0 Å². The highest BCUT2D eigenvalue weighted by Gasteiger charge is 2.40. The minimum Gasteiger partial charge on any atom is -0.489 e. The molecule has 8 heteroatoms. The second-order valence-corrected chi connectivity index (χ2v) is 4.85. The lowest BCUT2D eigenvalue weighted by Crippen LogP contribution is -2.36. The molecule has 0 unspecified atom stereocenters. The molecule has 2 heterocycles. The molecule has 116 valence electrons. The predicted molar refractivity (Wildman–Crippen MR) is 71.6 cm³/mol. The van der Waals surface area contributed by atoms with Crippen LogP contribution in [-0.4, -0.2) is 29.1 Å². The zero-order chi connectivity index (χ0) is 15.9. The Hall–Kier alpha value is -2.51. The monoisotopic (exact) mass is 311 g/mol.